The molecule has 0 atom stereocenters. The molecule has 0 amide bonds. The van der Waals surface area contributed by atoms with Crippen LogP contribution in [0.1, 0.15) is 0 Å². The Morgan fingerprint density at radius 2 is 1.02 bits per heavy atom. The quantitative estimate of drug-likeness (QED) is 0.168. The number of fused-ring (bicyclic) bond motifs is 14. The Bertz CT molecular complexity index is 3820. The molecule has 0 aliphatic carbocycles. The maximum atomic E-state index is 6.80. The van der Waals surface area contributed by atoms with Gasteiger partial charge < -0.3 is 8.98 Å². The number of rotatable bonds is 4. The van der Waals surface area contributed by atoms with Gasteiger partial charge in [-0.2, -0.15) is 0 Å². The molecule has 5 nitrogen and oxygen atoms in total. The van der Waals surface area contributed by atoms with Gasteiger partial charge in [-0.05, 0) is 76.5 Å². The minimum Gasteiger partial charge on any atom is -0.455 e. The molecule has 5 heteroatoms. The SMILES string of the molecule is c1ccc(-c2ccc(-n3c4ccccc4c4c3ccc3c5c6oc7ccccc7c6ccc5n(-c5nc(-c6ccccc6)c6c(ccc7ccccc76)n5)c34)cc2)cc1. The van der Waals surface area contributed by atoms with E-state index in [0.717, 1.165) is 104 Å². The number of para-hydroxylation sites is 2. The molecule has 13 rings (SSSR count). The first-order valence-electron chi connectivity index (χ1n) is 20.0. The second kappa shape index (κ2) is 12.2. The zero-order chi connectivity index (χ0) is 38.6. The monoisotopic (exact) mass is 752 g/mol. The van der Waals surface area contributed by atoms with E-state index in [2.05, 4.69) is 197 Å². The van der Waals surface area contributed by atoms with Crippen molar-refractivity contribution in [1.82, 2.24) is 19.1 Å². The van der Waals surface area contributed by atoms with Gasteiger partial charge >= 0.3 is 0 Å². The third kappa shape index (κ3) is 4.61. The van der Waals surface area contributed by atoms with Crippen LogP contribution in [0.4, 0.5) is 0 Å². The first-order chi connectivity index (χ1) is 29.3. The van der Waals surface area contributed by atoms with Gasteiger partial charge in [0.2, 0.25) is 5.95 Å². The Kier molecular flexibility index (Phi) is 6.66. The van der Waals surface area contributed by atoms with E-state index in [9.17, 15) is 0 Å². The van der Waals surface area contributed by atoms with Gasteiger partial charge in [-0.1, -0.05) is 140 Å². The first-order valence-corrected chi connectivity index (χ1v) is 20.0. The Morgan fingerprint density at radius 3 is 1.83 bits per heavy atom. The molecular formula is C54H32N4O. The Labute approximate surface area is 337 Å². The number of hydrogen-bond acceptors (Lipinski definition) is 3. The van der Waals surface area contributed by atoms with Gasteiger partial charge in [-0.15, -0.1) is 0 Å². The fourth-order valence-corrected chi connectivity index (χ4v) is 9.54. The van der Waals surface area contributed by atoms with Crippen molar-refractivity contribution < 1.29 is 4.42 Å². The van der Waals surface area contributed by atoms with Gasteiger partial charge in [0.05, 0.1) is 38.7 Å². The van der Waals surface area contributed by atoms with Crippen LogP contribution in [0.15, 0.2) is 199 Å². The van der Waals surface area contributed by atoms with Gasteiger partial charge in [0.1, 0.15) is 11.2 Å². The standard InChI is InChI=1S/C54H32N4O/c1-3-13-33(14-4-1)34-23-26-37(27-24-34)57-44-21-11-9-20-41(44)49-45(57)32-29-42-50-46(31-28-40-39-19-10-12-22-47(39)59-53(40)50)58(52(42)49)54-55-43-30-25-35-15-7-8-18-38(35)48(43)51(56-54)36-16-5-2-6-17-36/h1-32H. The zero-order valence-corrected chi connectivity index (χ0v) is 31.7. The summed E-state index contributed by atoms with van der Waals surface area (Å²) in [5, 5.41) is 9.93. The summed E-state index contributed by atoms with van der Waals surface area (Å²) in [4.78, 5) is 11.1. The fraction of sp³-hybridized carbons (Fsp3) is 0. The highest BCUT2D eigenvalue weighted by atomic mass is 16.3. The molecule has 0 bridgehead atoms. The number of hydrogen-bond donors (Lipinski definition) is 0. The van der Waals surface area contributed by atoms with Crippen LogP contribution in [-0.2, 0) is 0 Å². The van der Waals surface area contributed by atoms with Crippen molar-refractivity contribution in [3.63, 3.8) is 0 Å². The van der Waals surface area contributed by atoms with Crippen LogP contribution in [0.3, 0.4) is 0 Å². The molecule has 4 heterocycles. The van der Waals surface area contributed by atoms with Gasteiger partial charge in [0.25, 0.3) is 0 Å². The highest BCUT2D eigenvalue weighted by Gasteiger charge is 2.26. The predicted octanol–water partition coefficient (Wildman–Crippen LogP) is 14.2. The van der Waals surface area contributed by atoms with Crippen LogP contribution in [0, 0.1) is 0 Å². The molecule has 13 aromatic rings. The topological polar surface area (TPSA) is 48.8 Å². The largest absolute Gasteiger partial charge is 0.455 e. The third-order valence-corrected chi connectivity index (χ3v) is 12.1. The van der Waals surface area contributed by atoms with Crippen molar-refractivity contribution in [2.24, 2.45) is 0 Å². The van der Waals surface area contributed by atoms with Crippen LogP contribution in [0.5, 0.6) is 0 Å². The Balaban J connectivity index is 1.19. The van der Waals surface area contributed by atoms with Crippen molar-refractivity contribution in [2.75, 3.05) is 0 Å². The molecule has 0 aliphatic heterocycles. The number of nitrogens with zero attached hydrogens (tertiary/aromatic N) is 4. The number of aromatic nitrogens is 4. The molecule has 9 aromatic carbocycles. The summed E-state index contributed by atoms with van der Waals surface area (Å²) >= 11 is 0. The lowest BCUT2D eigenvalue weighted by Gasteiger charge is -2.14. The van der Waals surface area contributed by atoms with Gasteiger partial charge in [-0.25, -0.2) is 9.97 Å². The first kappa shape index (κ1) is 32.1. The molecule has 0 aliphatic rings. The minimum atomic E-state index is 0.610. The molecule has 0 fully saturated rings. The fourth-order valence-electron chi connectivity index (χ4n) is 9.54. The van der Waals surface area contributed by atoms with Crippen LogP contribution in [0.2, 0.25) is 0 Å². The maximum Gasteiger partial charge on any atom is 0.235 e. The summed E-state index contributed by atoms with van der Waals surface area (Å²) in [5.41, 5.74) is 12.3. The minimum absolute atomic E-state index is 0.610. The molecule has 0 saturated heterocycles. The molecule has 274 valence electrons. The summed E-state index contributed by atoms with van der Waals surface area (Å²) in [6.07, 6.45) is 0. The molecule has 0 saturated carbocycles. The van der Waals surface area contributed by atoms with E-state index in [1.165, 1.54) is 11.1 Å². The summed E-state index contributed by atoms with van der Waals surface area (Å²) in [5.74, 6) is 0.610. The van der Waals surface area contributed by atoms with Crippen molar-refractivity contribution >= 4 is 87.2 Å². The second-order valence-electron chi connectivity index (χ2n) is 15.3. The van der Waals surface area contributed by atoms with E-state index >= 15 is 0 Å². The smallest absolute Gasteiger partial charge is 0.235 e. The molecule has 0 spiro atoms. The van der Waals surface area contributed by atoms with Crippen molar-refractivity contribution in [2.45, 2.75) is 0 Å². The van der Waals surface area contributed by atoms with Gasteiger partial charge in [-0.3, -0.25) is 4.57 Å². The average molecular weight is 753 g/mol. The maximum absolute atomic E-state index is 6.80. The summed E-state index contributed by atoms with van der Waals surface area (Å²) < 4.78 is 11.5. The third-order valence-electron chi connectivity index (χ3n) is 12.1. The van der Waals surface area contributed by atoms with Crippen molar-refractivity contribution in [1.29, 1.82) is 0 Å². The Hall–Kier alpha value is -8.02. The molecular weight excluding hydrogens is 721 g/mol. The van der Waals surface area contributed by atoms with E-state index in [1.807, 2.05) is 6.07 Å². The van der Waals surface area contributed by atoms with E-state index in [-0.39, 0.29) is 0 Å². The van der Waals surface area contributed by atoms with Crippen molar-refractivity contribution in [3.8, 4) is 34.0 Å². The van der Waals surface area contributed by atoms with Gasteiger partial charge in [0.15, 0.2) is 0 Å². The molecule has 0 radical (unpaired) electrons. The highest BCUT2D eigenvalue weighted by molar-refractivity contribution is 6.31. The average Bonchev–Trinajstić information content (AvgIpc) is 3.97. The lowest BCUT2D eigenvalue weighted by molar-refractivity contribution is 0.673. The molecule has 59 heavy (non-hydrogen) atoms. The predicted molar refractivity (Wildman–Crippen MR) is 244 cm³/mol. The molecule has 0 N–H and O–H groups in total. The van der Waals surface area contributed by atoms with Crippen LogP contribution in [-0.4, -0.2) is 19.1 Å². The lowest BCUT2D eigenvalue weighted by Crippen LogP contribution is -2.04. The Morgan fingerprint density at radius 1 is 0.373 bits per heavy atom. The van der Waals surface area contributed by atoms with E-state index in [0.29, 0.717) is 5.95 Å². The van der Waals surface area contributed by atoms with Crippen LogP contribution in [0.25, 0.3) is 121 Å². The number of benzene rings is 9. The summed E-state index contributed by atoms with van der Waals surface area (Å²) in [7, 11) is 0. The lowest BCUT2D eigenvalue weighted by atomic mass is 10.0. The zero-order valence-electron chi connectivity index (χ0n) is 31.7. The second-order valence-corrected chi connectivity index (χ2v) is 15.3. The van der Waals surface area contributed by atoms with Crippen LogP contribution >= 0.6 is 0 Å². The van der Waals surface area contributed by atoms with E-state index in [1.54, 1.807) is 0 Å². The summed E-state index contributed by atoms with van der Waals surface area (Å²) in [6.45, 7) is 0. The molecule has 0 unspecified atom stereocenters. The normalized spacial score (nSPS) is 12.1. The van der Waals surface area contributed by atoms with E-state index in [4.69, 9.17) is 14.4 Å². The van der Waals surface area contributed by atoms with Crippen LogP contribution < -0.4 is 0 Å². The van der Waals surface area contributed by atoms with Crippen molar-refractivity contribution in [3.05, 3.63) is 194 Å². The molecule has 4 aromatic heterocycles. The highest BCUT2D eigenvalue weighted by Crippen LogP contribution is 2.46. The van der Waals surface area contributed by atoms with E-state index < -0.39 is 0 Å². The number of furan rings is 1. The van der Waals surface area contributed by atoms with Gasteiger partial charge in [0, 0.05) is 43.6 Å². The summed E-state index contributed by atoms with van der Waals surface area (Å²) in [6, 6.07) is 68.8.